The Bertz CT molecular complexity index is 1350. The summed E-state index contributed by atoms with van der Waals surface area (Å²) in [4.78, 5) is 31.1. The van der Waals surface area contributed by atoms with E-state index < -0.39 is 21.9 Å². The van der Waals surface area contributed by atoms with Crippen LogP contribution in [0.4, 0.5) is 5.00 Å². The number of rotatable bonds is 9. The van der Waals surface area contributed by atoms with E-state index in [0.717, 1.165) is 36.1 Å². The second kappa shape index (κ2) is 10.8. The molecule has 35 heavy (non-hydrogen) atoms. The zero-order chi connectivity index (χ0) is 25.0. The molecule has 2 heterocycles. The number of amides is 1. The Labute approximate surface area is 209 Å². The predicted octanol–water partition coefficient (Wildman–Crippen LogP) is 4.39. The number of carbonyl (C=O) groups is 2. The van der Waals surface area contributed by atoms with Crippen molar-refractivity contribution in [2.45, 2.75) is 50.8 Å². The molecule has 0 saturated heterocycles. The van der Waals surface area contributed by atoms with E-state index in [1.54, 1.807) is 43.6 Å². The average molecular weight is 516 g/mol. The number of nitrogens with zero attached hydrogens (tertiary/aromatic N) is 2. The Morgan fingerprint density at radius 3 is 2.74 bits per heavy atom. The van der Waals surface area contributed by atoms with Gasteiger partial charge in [-0.3, -0.25) is 9.78 Å². The van der Waals surface area contributed by atoms with E-state index in [1.807, 2.05) is 6.92 Å². The van der Waals surface area contributed by atoms with Gasteiger partial charge in [0.1, 0.15) is 5.00 Å². The van der Waals surface area contributed by atoms with E-state index in [9.17, 15) is 18.0 Å². The van der Waals surface area contributed by atoms with Gasteiger partial charge in [0, 0.05) is 34.6 Å². The molecule has 10 heteroatoms. The highest BCUT2D eigenvalue weighted by atomic mass is 32.2. The smallest absolute Gasteiger partial charge is 0.341 e. The zero-order valence-corrected chi connectivity index (χ0v) is 21.5. The van der Waals surface area contributed by atoms with E-state index in [4.69, 9.17) is 4.74 Å². The second-order valence-electron chi connectivity index (χ2n) is 8.38. The highest BCUT2D eigenvalue weighted by Gasteiger charge is 2.30. The highest BCUT2D eigenvalue weighted by molar-refractivity contribution is 7.89. The van der Waals surface area contributed by atoms with Crippen LogP contribution in [0.25, 0.3) is 10.8 Å². The number of fused-ring (bicyclic) bond motifs is 2. The number of carbonyl (C=O) groups excluding carboxylic acids is 2. The van der Waals surface area contributed by atoms with Gasteiger partial charge in [-0.2, -0.15) is 4.31 Å². The molecule has 4 rings (SSSR count). The molecule has 0 radical (unpaired) electrons. The fourth-order valence-electron chi connectivity index (χ4n) is 4.39. The van der Waals surface area contributed by atoms with Gasteiger partial charge >= 0.3 is 5.97 Å². The molecule has 2 aromatic heterocycles. The van der Waals surface area contributed by atoms with E-state index in [-0.39, 0.29) is 24.6 Å². The summed E-state index contributed by atoms with van der Waals surface area (Å²) in [6.45, 7) is 3.66. The van der Waals surface area contributed by atoms with Gasteiger partial charge in [-0.1, -0.05) is 19.1 Å². The monoisotopic (exact) mass is 515 g/mol. The van der Waals surface area contributed by atoms with Crippen molar-refractivity contribution in [1.82, 2.24) is 9.29 Å². The summed E-state index contributed by atoms with van der Waals surface area (Å²) in [5.74, 6) is -0.947. The van der Waals surface area contributed by atoms with Crippen molar-refractivity contribution in [1.29, 1.82) is 0 Å². The molecule has 1 aromatic carbocycles. The molecule has 3 aromatic rings. The molecule has 186 valence electrons. The first kappa shape index (κ1) is 25.3. The quantitative estimate of drug-likeness (QED) is 0.424. The molecule has 8 nitrogen and oxygen atoms in total. The number of benzene rings is 1. The number of ether oxygens (including phenoxy) is 1. The lowest BCUT2D eigenvalue weighted by molar-refractivity contribution is -0.116. The van der Waals surface area contributed by atoms with Crippen LogP contribution in [0.5, 0.6) is 0 Å². The van der Waals surface area contributed by atoms with Gasteiger partial charge in [0.2, 0.25) is 15.9 Å². The highest BCUT2D eigenvalue weighted by Crippen LogP contribution is 2.38. The Balaban J connectivity index is 1.62. The van der Waals surface area contributed by atoms with Gasteiger partial charge in [0.05, 0.1) is 23.6 Å². The number of nitrogens with one attached hydrogen (secondary N) is 1. The maximum absolute atomic E-state index is 13.6. The molecule has 1 N–H and O–H groups in total. The molecule has 0 saturated carbocycles. The Hall–Kier alpha value is -2.82. The molecule has 0 aliphatic heterocycles. The third kappa shape index (κ3) is 5.24. The molecule has 1 aliphatic rings. The Kier molecular flexibility index (Phi) is 7.83. The van der Waals surface area contributed by atoms with Crippen LogP contribution in [0, 0.1) is 0 Å². The van der Waals surface area contributed by atoms with Gasteiger partial charge in [0.25, 0.3) is 0 Å². The van der Waals surface area contributed by atoms with E-state index in [0.29, 0.717) is 27.8 Å². The van der Waals surface area contributed by atoms with Gasteiger partial charge < -0.3 is 10.1 Å². The predicted molar refractivity (Wildman–Crippen MR) is 136 cm³/mol. The lowest BCUT2D eigenvalue weighted by Crippen LogP contribution is -2.38. The van der Waals surface area contributed by atoms with Crippen LogP contribution < -0.4 is 5.32 Å². The topological polar surface area (TPSA) is 106 Å². The number of hydrogen-bond donors (Lipinski definition) is 1. The number of pyridine rings is 1. The SMILES string of the molecule is CCCN(CC(=O)Nc1sc2c(c1C(=O)OCC)CCCC2)S(=O)(=O)c1cccc2cnccc12. The molecular weight excluding hydrogens is 486 g/mol. The first-order chi connectivity index (χ1) is 16.9. The second-order valence-corrected chi connectivity index (χ2v) is 11.4. The minimum Gasteiger partial charge on any atom is -0.462 e. The van der Waals surface area contributed by atoms with Crippen molar-refractivity contribution >= 4 is 49.0 Å². The van der Waals surface area contributed by atoms with Crippen molar-refractivity contribution in [3.8, 4) is 0 Å². The summed E-state index contributed by atoms with van der Waals surface area (Å²) in [5, 5.41) is 4.52. The maximum atomic E-state index is 13.6. The van der Waals surface area contributed by atoms with Crippen molar-refractivity contribution in [2.24, 2.45) is 0 Å². The van der Waals surface area contributed by atoms with Crippen LogP contribution in [-0.4, -0.2) is 49.3 Å². The van der Waals surface area contributed by atoms with Gasteiger partial charge in [-0.05, 0) is 56.7 Å². The molecule has 1 aliphatic carbocycles. The standard InChI is InChI=1S/C25H29N3O5S2/c1-3-14-28(35(31,32)21-11-7-8-17-15-26-13-12-18(17)21)16-22(29)27-24-23(25(30)33-4-2)19-9-5-6-10-20(19)34-24/h7-8,11-13,15H,3-6,9-10,14,16H2,1-2H3,(H,27,29). The van der Waals surface area contributed by atoms with Gasteiger partial charge in [-0.25, -0.2) is 13.2 Å². The third-order valence-electron chi connectivity index (χ3n) is 5.96. The maximum Gasteiger partial charge on any atom is 0.341 e. The summed E-state index contributed by atoms with van der Waals surface area (Å²) in [7, 11) is -3.96. The van der Waals surface area contributed by atoms with Crippen LogP contribution >= 0.6 is 11.3 Å². The summed E-state index contributed by atoms with van der Waals surface area (Å²) in [6.07, 6.45) is 7.34. The minimum atomic E-state index is -3.96. The van der Waals surface area contributed by atoms with Crippen molar-refractivity contribution in [2.75, 3.05) is 25.0 Å². The van der Waals surface area contributed by atoms with Crippen molar-refractivity contribution < 1.29 is 22.7 Å². The fraction of sp³-hybridized carbons (Fsp3) is 0.400. The normalized spacial score (nSPS) is 13.6. The van der Waals surface area contributed by atoms with Gasteiger partial charge in [0.15, 0.2) is 0 Å². The Morgan fingerprint density at radius 2 is 1.97 bits per heavy atom. The zero-order valence-electron chi connectivity index (χ0n) is 19.9. The lowest BCUT2D eigenvalue weighted by Gasteiger charge is -2.22. The first-order valence-electron chi connectivity index (χ1n) is 11.8. The minimum absolute atomic E-state index is 0.137. The van der Waals surface area contributed by atoms with E-state index in [1.165, 1.54) is 15.6 Å². The summed E-state index contributed by atoms with van der Waals surface area (Å²) < 4.78 is 33.6. The summed E-state index contributed by atoms with van der Waals surface area (Å²) >= 11 is 1.38. The molecule has 0 spiro atoms. The molecule has 0 atom stereocenters. The Morgan fingerprint density at radius 1 is 1.17 bits per heavy atom. The third-order valence-corrected chi connectivity index (χ3v) is 9.07. The largest absolute Gasteiger partial charge is 0.462 e. The first-order valence-corrected chi connectivity index (χ1v) is 14.1. The molecule has 1 amide bonds. The van der Waals surface area contributed by atoms with Crippen LogP contribution in [0.3, 0.4) is 0 Å². The van der Waals surface area contributed by atoms with Crippen LogP contribution in [-0.2, 0) is 32.4 Å². The lowest BCUT2D eigenvalue weighted by atomic mass is 9.95. The summed E-state index contributed by atoms with van der Waals surface area (Å²) in [5.41, 5.74) is 1.35. The molecule has 0 bridgehead atoms. The summed E-state index contributed by atoms with van der Waals surface area (Å²) in [6, 6.07) is 6.68. The van der Waals surface area contributed by atoms with E-state index in [2.05, 4.69) is 10.3 Å². The fourth-order valence-corrected chi connectivity index (χ4v) is 7.39. The number of esters is 1. The molecule has 0 fully saturated rings. The van der Waals surface area contributed by atoms with Gasteiger partial charge in [-0.15, -0.1) is 11.3 Å². The number of aromatic nitrogens is 1. The van der Waals surface area contributed by atoms with Crippen molar-refractivity contribution in [3.63, 3.8) is 0 Å². The number of thiophene rings is 1. The van der Waals surface area contributed by atoms with Crippen molar-refractivity contribution in [3.05, 3.63) is 52.7 Å². The number of hydrogen-bond acceptors (Lipinski definition) is 7. The van der Waals surface area contributed by atoms with Crippen LogP contribution in [0.1, 0.15) is 53.9 Å². The number of anilines is 1. The van der Waals surface area contributed by atoms with Crippen LogP contribution in [0.15, 0.2) is 41.6 Å². The van der Waals surface area contributed by atoms with Crippen LogP contribution in [0.2, 0.25) is 0 Å². The molecular formula is C25H29N3O5S2. The molecule has 0 unspecified atom stereocenters. The number of sulfonamides is 1. The number of aryl methyl sites for hydroxylation is 1. The van der Waals surface area contributed by atoms with E-state index >= 15 is 0 Å². The average Bonchev–Trinajstić information content (AvgIpc) is 3.21.